The molecule has 9 heteroatoms. The van der Waals surface area contributed by atoms with Gasteiger partial charge < -0.3 is 10.6 Å². The van der Waals surface area contributed by atoms with Gasteiger partial charge in [0.1, 0.15) is 11.9 Å². The van der Waals surface area contributed by atoms with E-state index in [-0.39, 0.29) is 36.9 Å². The first-order chi connectivity index (χ1) is 11.8. The van der Waals surface area contributed by atoms with E-state index in [2.05, 4.69) is 40.3 Å². The Morgan fingerprint density at radius 1 is 1.36 bits per heavy atom. The van der Waals surface area contributed by atoms with Crippen molar-refractivity contribution >= 4 is 11.7 Å². The van der Waals surface area contributed by atoms with Crippen molar-refractivity contribution in [3.05, 3.63) is 23.9 Å². The lowest BCUT2D eigenvalue weighted by Gasteiger charge is -2.14. The number of hydrogen-bond acceptors (Lipinski definition) is 5. The minimum Gasteiger partial charge on any atom is -0.368 e. The number of anilines is 1. The van der Waals surface area contributed by atoms with Gasteiger partial charge in [0.2, 0.25) is 5.91 Å². The van der Waals surface area contributed by atoms with Crippen LogP contribution >= 0.6 is 0 Å². The average Bonchev–Trinajstić information content (AvgIpc) is 2.98. The van der Waals surface area contributed by atoms with Gasteiger partial charge in [-0.25, -0.2) is 10.4 Å². The highest BCUT2D eigenvalue weighted by Gasteiger charge is 2.34. The second-order valence-corrected chi connectivity index (χ2v) is 6.52. The molecule has 0 aliphatic carbocycles. The van der Waals surface area contributed by atoms with Crippen molar-refractivity contribution in [2.75, 3.05) is 18.4 Å². The van der Waals surface area contributed by atoms with Gasteiger partial charge in [0.05, 0.1) is 5.56 Å². The molecule has 1 aliphatic rings. The molecule has 0 bridgehead atoms. The van der Waals surface area contributed by atoms with Gasteiger partial charge in [-0.15, -0.1) is 0 Å². The molecule has 1 amide bonds. The second kappa shape index (κ2) is 8.48. The highest BCUT2D eigenvalue weighted by atomic mass is 19.4. The van der Waals surface area contributed by atoms with Crippen LogP contribution < -0.4 is 21.5 Å². The smallest absolute Gasteiger partial charge is 0.368 e. The molecule has 1 saturated heterocycles. The van der Waals surface area contributed by atoms with Crippen molar-refractivity contribution in [3.8, 4) is 0 Å². The first-order valence-corrected chi connectivity index (χ1v) is 8.32. The Morgan fingerprint density at radius 2 is 2.12 bits per heavy atom. The van der Waals surface area contributed by atoms with Crippen LogP contribution in [0.2, 0.25) is 0 Å². The Balaban J connectivity index is 1.74. The zero-order valence-electron chi connectivity index (χ0n) is 14.3. The largest absolute Gasteiger partial charge is 0.419 e. The van der Waals surface area contributed by atoms with Gasteiger partial charge >= 0.3 is 6.18 Å². The number of alkyl halides is 3. The summed E-state index contributed by atoms with van der Waals surface area (Å²) in [7, 11) is 0. The molecule has 1 aromatic rings. The van der Waals surface area contributed by atoms with Gasteiger partial charge in [-0.1, -0.05) is 13.8 Å². The number of aromatic nitrogens is 1. The molecule has 2 rings (SSSR count). The zero-order valence-corrected chi connectivity index (χ0v) is 14.3. The summed E-state index contributed by atoms with van der Waals surface area (Å²) in [6, 6.07) is 2.13. The van der Waals surface area contributed by atoms with Crippen molar-refractivity contribution in [1.29, 1.82) is 0 Å². The fraction of sp³-hybridized carbons (Fsp3) is 0.625. The lowest BCUT2D eigenvalue weighted by molar-refractivity contribution is -0.137. The minimum absolute atomic E-state index is 0.154. The molecule has 0 radical (unpaired) electrons. The van der Waals surface area contributed by atoms with Crippen molar-refractivity contribution in [2.45, 2.75) is 44.9 Å². The van der Waals surface area contributed by atoms with Crippen LogP contribution in [0.4, 0.5) is 19.0 Å². The van der Waals surface area contributed by atoms with Gasteiger partial charge in [0.15, 0.2) is 0 Å². The quantitative estimate of drug-likeness (QED) is 0.560. The summed E-state index contributed by atoms with van der Waals surface area (Å²) in [6.45, 7) is 4.60. The minimum atomic E-state index is -4.47. The van der Waals surface area contributed by atoms with E-state index in [0.717, 1.165) is 12.5 Å². The predicted octanol–water partition coefficient (Wildman–Crippen LogP) is 1.91. The fourth-order valence-corrected chi connectivity index (χ4v) is 2.78. The molecule has 1 fully saturated rings. The highest BCUT2D eigenvalue weighted by Crippen LogP contribution is 2.33. The number of amides is 1. The van der Waals surface area contributed by atoms with Crippen molar-refractivity contribution in [2.24, 2.45) is 5.92 Å². The molecule has 140 valence electrons. The molecule has 0 aromatic carbocycles. The molecule has 2 atom stereocenters. The van der Waals surface area contributed by atoms with Crippen LogP contribution in [0.5, 0.6) is 0 Å². The van der Waals surface area contributed by atoms with E-state index in [4.69, 9.17) is 0 Å². The van der Waals surface area contributed by atoms with Crippen LogP contribution in [0, 0.1) is 5.92 Å². The van der Waals surface area contributed by atoms with Crippen LogP contribution in [0.25, 0.3) is 0 Å². The maximum absolute atomic E-state index is 12.9. The molecule has 1 aromatic heterocycles. The Bertz CT molecular complexity index is 579. The van der Waals surface area contributed by atoms with E-state index in [1.165, 1.54) is 12.3 Å². The first-order valence-electron chi connectivity index (χ1n) is 8.32. The van der Waals surface area contributed by atoms with E-state index in [9.17, 15) is 18.0 Å². The van der Waals surface area contributed by atoms with Gasteiger partial charge in [-0.3, -0.25) is 10.2 Å². The fourth-order valence-electron chi connectivity index (χ4n) is 2.78. The van der Waals surface area contributed by atoms with E-state index >= 15 is 0 Å². The lowest BCUT2D eigenvalue weighted by atomic mass is 10.00. The number of nitrogens with zero attached hydrogens (tertiary/aromatic N) is 1. The third-order valence-electron chi connectivity index (χ3n) is 3.88. The van der Waals surface area contributed by atoms with E-state index in [0.29, 0.717) is 12.3 Å². The molecule has 0 spiro atoms. The third-order valence-corrected chi connectivity index (χ3v) is 3.88. The maximum atomic E-state index is 12.9. The summed E-state index contributed by atoms with van der Waals surface area (Å²) in [5.74, 6) is 0.131. The van der Waals surface area contributed by atoms with Crippen LogP contribution in [0.1, 0.15) is 32.3 Å². The van der Waals surface area contributed by atoms with E-state index < -0.39 is 11.7 Å². The molecule has 2 heterocycles. The Kier molecular flexibility index (Phi) is 6.60. The number of carbonyl (C=O) groups is 1. The zero-order chi connectivity index (χ0) is 18.4. The molecule has 6 nitrogen and oxygen atoms in total. The van der Waals surface area contributed by atoms with Crippen molar-refractivity contribution < 1.29 is 18.0 Å². The average molecular weight is 359 g/mol. The lowest BCUT2D eigenvalue weighted by Crippen LogP contribution is -2.44. The summed E-state index contributed by atoms with van der Waals surface area (Å²) in [4.78, 5) is 15.8. The monoisotopic (exact) mass is 359 g/mol. The summed E-state index contributed by atoms with van der Waals surface area (Å²) in [6.07, 6.45) is -1.52. The van der Waals surface area contributed by atoms with Crippen LogP contribution in [0.3, 0.4) is 0 Å². The van der Waals surface area contributed by atoms with Gasteiger partial charge in [0.25, 0.3) is 0 Å². The molecular weight excluding hydrogens is 335 g/mol. The van der Waals surface area contributed by atoms with Crippen LogP contribution in [-0.4, -0.2) is 36.1 Å². The Labute approximate surface area is 144 Å². The number of hydrazine groups is 1. The molecule has 0 saturated carbocycles. The topological polar surface area (TPSA) is 78.1 Å². The van der Waals surface area contributed by atoms with Gasteiger partial charge in [-0.05, 0) is 30.9 Å². The number of rotatable bonds is 7. The summed E-state index contributed by atoms with van der Waals surface area (Å²) in [5, 5.41) is 5.33. The summed E-state index contributed by atoms with van der Waals surface area (Å²) in [5.41, 5.74) is 5.23. The normalized spacial score (nSPS) is 20.7. The van der Waals surface area contributed by atoms with Crippen LogP contribution in [0.15, 0.2) is 18.3 Å². The SMILES string of the molecule is CC(C)CC1CC(C(=O)NCCNc2ncccc2C(F)(F)F)NN1. The Morgan fingerprint density at radius 3 is 2.80 bits per heavy atom. The van der Waals surface area contributed by atoms with Crippen molar-refractivity contribution in [1.82, 2.24) is 21.2 Å². The third kappa shape index (κ3) is 5.86. The molecule has 1 aliphatic heterocycles. The standard InChI is InChI=1S/C16H24F3N5O/c1-10(2)8-11-9-13(24-23-11)15(25)22-7-6-21-14-12(16(17,18)19)4-3-5-20-14/h3-5,10-11,13,23-24H,6-9H2,1-2H3,(H,20,21)(H,22,25). The number of pyridine rings is 1. The molecular formula is C16H24F3N5O. The van der Waals surface area contributed by atoms with Gasteiger partial charge in [0, 0.05) is 25.3 Å². The van der Waals surface area contributed by atoms with Crippen molar-refractivity contribution in [3.63, 3.8) is 0 Å². The predicted molar refractivity (Wildman–Crippen MR) is 88.7 cm³/mol. The van der Waals surface area contributed by atoms with E-state index in [1.54, 1.807) is 0 Å². The number of hydrogen-bond donors (Lipinski definition) is 4. The Hall–Kier alpha value is -1.87. The van der Waals surface area contributed by atoms with Crippen LogP contribution in [-0.2, 0) is 11.0 Å². The molecule has 2 unspecified atom stereocenters. The summed E-state index contributed by atoms with van der Waals surface area (Å²) < 4.78 is 38.6. The maximum Gasteiger partial charge on any atom is 0.419 e. The molecule has 25 heavy (non-hydrogen) atoms. The number of nitrogens with one attached hydrogen (secondary N) is 4. The first kappa shape index (κ1) is 19.5. The number of carbonyl (C=O) groups excluding carboxylic acids is 1. The summed E-state index contributed by atoms with van der Waals surface area (Å²) >= 11 is 0. The number of halogens is 3. The van der Waals surface area contributed by atoms with E-state index in [1.807, 2.05) is 0 Å². The highest BCUT2D eigenvalue weighted by molar-refractivity contribution is 5.82. The van der Waals surface area contributed by atoms with Gasteiger partial charge in [-0.2, -0.15) is 13.2 Å². The second-order valence-electron chi connectivity index (χ2n) is 6.52. The molecule has 4 N–H and O–H groups in total.